The van der Waals surface area contributed by atoms with Crippen molar-refractivity contribution in [2.45, 2.75) is 26.3 Å². The molecule has 1 N–H and O–H groups in total. The zero-order valence-corrected chi connectivity index (χ0v) is 16.1. The third-order valence-electron chi connectivity index (χ3n) is 4.23. The minimum atomic E-state index is -0.860. The van der Waals surface area contributed by atoms with Crippen molar-refractivity contribution in [3.8, 4) is 0 Å². The van der Waals surface area contributed by atoms with E-state index in [1.54, 1.807) is 42.5 Å². The summed E-state index contributed by atoms with van der Waals surface area (Å²) < 4.78 is 0.830. The first-order valence-electron chi connectivity index (χ1n) is 8.42. The first-order valence-corrected chi connectivity index (χ1v) is 9.21. The molecule has 3 amide bonds. The topological polar surface area (TPSA) is 66.5 Å². The van der Waals surface area contributed by atoms with Crippen LogP contribution in [-0.2, 0) is 4.79 Å². The lowest BCUT2D eigenvalue weighted by molar-refractivity contribution is -0.120. The summed E-state index contributed by atoms with van der Waals surface area (Å²) in [6, 6.07) is 13.0. The highest BCUT2D eigenvalue weighted by Crippen LogP contribution is 2.27. The van der Waals surface area contributed by atoms with Gasteiger partial charge < -0.3 is 5.32 Å². The van der Waals surface area contributed by atoms with Gasteiger partial charge in [0.1, 0.15) is 6.04 Å². The molecule has 5 nitrogen and oxygen atoms in total. The van der Waals surface area contributed by atoms with Gasteiger partial charge in [-0.3, -0.25) is 19.3 Å². The van der Waals surface area contributed by atoms with E-state index in [0.717, 1.165) is 9.37 Å². The molecule has 1 atom stereocenters. The SMILES string of the molecule is CC(C)CC(C(=O)Nc1cccc(Br)c1)N1C(=O)c2ccccc2C1=O. The van der Waals surface area contributed by atoms with Crippen LogP contribution in [0, 0.1) is 5.92 Å². The second kappa shape index (κ2) is 7.41. The summed E-state index contributed by atoms with van der Waals surface area (Å²) in [6.45, 7) is 3.91. The standard InChI is InChI=1S/C20H19BrN2O3/c1-12(2)10-17(18(24)22-14-7-5-6-13(21)11-14)23-19(25)15-8-3-4-9-16(15)20(23)26/h3-9,11-12,17H,10H2,1-2H3,(H,22,24). The molecule has 1 aliphatic heterocycles. The fraction of sp³-hybridized carbons (Fsp3) is 0.250. The number of fused-ring (bicyclic) bond motifs is 1. The van der Waals surface area contributed by atoms with Gasteiger partial charge in [-0.05, 0) is 42.7 Å². The van der Waals surface area contributed by atoms with E-state index < -0.39 is 17.9 Å². The van der Waals surface area contributed by atoms with Crippen LogP contribution in [0.3, 0.4) is 0 Å². The molecule has 1 aliphatic rings. The van der Waals surface area contributed by atoms with Crippen molar-refractivity contribution in [1.29, 1.82) is 0 Å². The molecule has 0 saturated heterocycles. The summed E-state index contributed by atoms with van der Waals surface area (Å²) >= 11 is 3.36. The Kier molecular flexibility index (Phi) is 5.23. The molecule has 3 rings (SSSR count). The van der Waals surface area contributed by atoms with Crippen LogP contribution in [0.2, 0.25) is 0 Å². The van der Waals surface area contributed by atoms with E-state index in [0.29, 0.717) is 23.2 Å². The van der Waals surface area contributed by atoms with Crippen LogP contribution < -0.4 is 5.32 Å². The number of carbonyl (C=O) groups is 3. The lowest BCUT2D eigenvalue weighted by Crippen LogP contribution is -2.47. The van der Waals surface area contributed by atoms with Crippen LogP contribution in [0.25, 0.3) is 0 Å². The molecule has 0 aliphatic carbocycles. The smallest absolute Gasteiger partial charge is 0.262 e. The lowest BCUT2D eigenvalue weighted by Gasteiger charge is -2.26. The summed E-state index contributed by atoms with van der Waals surface area (Å²) in [5.74, 6) is -1.06. The van der Waals surface area contributed by atoms with Crippen molar-refractivity contribution in [1.82, 2.24) is 4.90 Å². The highest BCUT2D eigenvalue weighted by Gasteiger charge is 2.42. The maximum atomic E-state index is 12.9. The molecule has 2 aromatic carbocycles. The summed E-state index contributed by atoms with van der Waals surface area (Å²) in [6.07, 6.45) is 0.394. The van der Waals surface area contributed by atoms with E-state index in [1.807, 2.05) is 19.9 Å². The second-order valence-corrected chi connectivity index (χ2v) is 7.59. The average Bonchev–Trinajstić information content (AvgIpc) is 2.84. The van der Waals surface area contributed by atoms with Gasteiger partial charge in [-0.2, -0.15) is 0 Å². The van der Waals surface area contributed by atoms with Gasteiger partial charge in [0.15, 0.2) is 0 Å². The van der Waals surface area contributed by atoms with Crippen LogP contribution >= 0.6 is 15.9 Å². The van der Waals surface area contributed by atoms with E-state index in [2.05, 4.69) is 21.2 Å². The first kappa shape index (κ1) is 18.3. The Morgan fingerprint density at radius 1 is 1.04 bits per heavy atom. The number of nitrogens with one attached hydrogen (secondary N) is 1. The molecule has 26 heavy (non-hydrogen) atoms. The number of hydrogen-bond donors (Lipinski definition) is 1. The number of halogens is 1. The van der Waals surface area contributed by atoms with E-state index in [-0.39, 0.29) is 11.8 Å². The van der Waals surface area contributed by atoms with Gasteiger partial charge in [-0.25, -0.2) is 0 Å². The monoisotopic (exact) mass is 414 g/mol. The van der Waals surface area contributed by atoms with Crippen molar-refractivity contribution >= 4 is 39.3 Å². The molecule has 0 fully saturated rings. The molecule has 1 heterocycles. The predicted octanol–water partition coefficient (Wildman–Crippen LogP) is 4.10. The number of anilines is 1. The summed E-state index contributed by atoms with van der Waals surface area (Å²) in [7, 11) is 0. The van der Waals surface area contributed by atoms with Crippen molar-refractivity contribution in [3.63, 3.8) is 0 Å². The minimum Gasteiger partial charge on any atom is -0.324 e. The molecule has 0 radical (unpaired) electrons. The molecule has 6 heteroatoms. The zero-order valence-electron chi connectivity index (χ0n) is 14.5. The van der Waals surface area contributed by atoms with E-state index >= 15 is 0 Å². The van der Waals surface area contributed by atoms with E-state index in [1.165, 1.54) is 0 Å². The zero-order chi connectivity index (χ0) is 18.8. The third kappa shape index (κ3) is 3.55. The van der Waals surface area contributed by atoms with E-state index in [4.69, 9.17) is 0 Å². The summed E-state index contributed by atoms with van der Waals surface area (Å²) in [5, 5.41) is 2.82. The molecule has 0 saturated carbocycles. The molecule has 0 bridgehead atoms. The average molecular weight is 415 g/mol. The quantitative estimate of drug-likeness (QED) is 0.748. The van der Waals surface area contributed by atoms with Gasteiger partial charge in [-0.15, -0.1) is 0 Å². The van der Waals surface area contributed by atoms with Crippen LogP contribution in [0.5, 0.6) is 0 Å². The van der Waals surface area contributed by atoms with Gasteiger partial charge in [-0.1, -0.05) is 48.0 Å². The number of hydrogen-bond acceptors (Lipinski definition) is 3. The van der Waals surface area contributed by atoms with Crippen molar-refractivity contribution in [2.75, 3.05) is 5.32 Å². The Labute approximate surface area is 160 Å². The van der Waals surface area contributed by atoms with Gasteiger partial charge in [0.2, 0.25) is 5.91 Å². The fourth-order valence-corrected chi connectivity index (χ4v) is 3.46. The largest absolute Gasteiger partial charge is 0.324 e. The third-order valence-corrected chi connectivity index (χ3v) is 4.72. The number of carbonyl (C=O) groups excluding carboxylic acids is 3. The molecular weight excluding hydrogens is 396 g/mol. The Hall–Kier alpha value is -2.47. The Morgan fingerprint density at radius 3 is 2.19 bits per heavy atom. The highest BCUT2D eigenvalue weighted by atomic mass is 79.9. The van der Waals surface area contributed by atoms with Gasteiger partial charge in [0.25, 0.3) is 11.8 Å². The normalized spacial score (nSPS) is 14.5. The summed E-state index contributed by atoms with van der Waals surface area (Å²) in [5.41, 5.74) is 1.30. The number of benzene rings is 2. The minimum absolute atomic E-state index is 0.137. The summed E-state index contributed by atoms with van der Waals surface area (Å²) in [4.78, 5) is 39.5. The van der Waals surface area contributed by atoms with Crippen LogP contribution in [-0.4, -0.2) is 28.7 Å². The van der Waals surface area contributed by atoms with Gasteiger partial charge in [0.05, 0.1) is 11.1 Å². The van der Waals surface area contributed by atoms with Gasteiger partial charge in [0, 0.05) is 10.2 Å². The van der Waals surface area contributed by atoms with E-state index in [9.17, 15) is 14.4 Å². The molecule has 2 aromatic rings. The second-order valence-electron chi connectivity index (χ2n) is 6.67. The fourth-order valence-electron chi connectivity index (χ4n) is 3.06. The van der Waals surface area contributed by atoms with Crippen LogP contribution in [0.4, 0.5) is 5.69 Å². The predicted molar refractivity (Wildman–Crippen MR) is 103 cm³/mol. The molecular formula is C20H19BrN2O3. The Bertz CT molecular complexity index is 844. The molecule has 0 aromatic heterocycles. The maximum absolute atomic E-state index is 12.9. The van der Waals surface area contributed by atoms with Gasteiger partial charge >= 0.3 is 0 Å². The van der Waals surface area contributed by atoms with Crippen molar-refractivity contribution in [3.05, 3.63) is 64.1 Å². The number of amides is 3. The van der Waals surface area contributed by atoms with Crippen LogP contribution in [0.1, 0.15) is 41.0 Å². The Morgan fingerprint density at radius 2 is 1.65 bits per heavy atom. The number of rotatable bonds is 5. The maximum Gasteiger partial charge on any atom is 0.262 e. The first-order chi connectivity index (χ1) is 12.4. The molecule has 1 unspecified atom stereocenters. The number of imide groups is 1. The number of nitrogens with zero attached hydrogens (tertiary/aromatic N) is 1. The highest BCUT2D eigenvalue weighted by molar-refractivity contribution is 9.10. The van der Waals surface area contributed by atoms with Crippen molar-refractivity contribution in [2.24, 2.45) is 5.92 Å². The Balaban J connectivity index is 1.90. The molecule has 134 valence electrons. The lowest BCUT2D eigenvalue weighted by atomic mass is 10.0. The molecule has 0 spiro atoms. The van der Waals surface area contributed by atoms with Crippen LogP contribution in [0.15, 0.2) is 53.0 Å². The van der Waals surface area contributed by atoms with Crippen molar-refractivity contribution < 1.29 is 14.4 Å².